The van der Waals surface area contributed by atoms with Crippen LogP contribution < -0.4 is 5.32 Å². The Morgan fingerprint density at radius 2 is 2.33 bits per heavy atom. The third-order valence-electron chi connectivity index (χ3n) is 3.89. The summed E-state index contributed by atoms with van der Waals surface area (Å²) >= 11 is 1.67. The molecule has 0 unspecified atom stereocenters. The standard InChI is InChI=1S/C11H16N2OS/c14-10(13-11-12-3-4-15-11)9-6-7-1-2-8(9)5-7/h7-9H,1-6H2,(H,12,13,14)/t7-,8-,9-/m0/s1. The first kappa shape index (κ1) is 9.70. The molecule has 4 heteroatoms. The van der Waals surface area contributed by atoms with Crippen molar-refractivity contribution in [2.45, 2.75) is 25.7 Å². The Bertz CT molecular complexity index is 316. The van der Waals surface area contributed by atoms with Gasteiger partial charge in [-0.3, -0.25) is 9.79 Å². The summed E-state index contributed by atoms with van der Waals surface area (Å²) in [7, 11) is 0. The van der Waals surface area contributed by atoms with Crippen LogP contribution in [0, 0.1) is 17.8 Å². The largest absolute Gasteiger partial charge is 0.305 e. The molecule has 1 aliphatic heterocycles. The molecule has 0 radical (unpaired) electrons. The molecule has 1 heterocycles. The lowest BCUT2D eigenvalue weighted by molar-refractivity contribution is -0.124. The van der Waals surface area contributed by atoms with Crippen molar-refractivity contribution in [1.29, 1.82) is 0 Å². The number of fused-ring (bicyclic) bond motifs is 2. The van der Waals surface area contributed by atoms with Crippen LogP contribution in [-0.2, 0) is 4.79 Å². The summed E-state index contributed by atoms with van der Waals surface area (Å²) in [6, 6.07) is 0. The zero-order valence-corrected chi connectivity index (χ0v) is 9.55. The van der Waals surface area contributed by atoms with Crippen LogP contribution in [0.15, 0.2) is 4.99 Å². The van der Waals surface area contributed by atoms with E-state index in [2.05, 4.69) is 10.3 Å². The van der Waals surface area contributed by atoms with Crippen molar-refractivity contribution < 1.29 is 4.79 Å². The Morgan fingerprint density at radius 3 is 2.93 bits per heavy atom. The molecule has 1 N–H and O–H groups in total. The summed E-state index contributed by atoms with van der Waals surface area (Å²) in [6.07, 6.45) is 5.03. The molecular weight excluding hydrogens is 208 g/mol. The highest BCUT2D eigenvalue weighted by molar-refractivity contribution is 8.14. The van der Waals surface area contributed by atoms with E-state index in [0.717, 1.165) is 29.8 Å². The number of hydrogen-bond donors (Lipinski definition) is 1. The summed E-state index contributed by atoms with van der Waals surface area (Å²) < 4.78 is 0. The SMILES string of the molecule is O=C(NC1=NCCS1)[C@H]1C[C@H]2CC[C@H]1C2. The molecule has 2 fully saturated rings. The van der Waals surface area contributed by atoms with Gasteiger partial charge >= 0.3 is 0 Å². The zero-order valence-electron chi connectivity index (χ0n) is 8.74. The zero-order chi connectivity index (χ0) is 10.3. The van der Waals surface area contributed by atoms with Gasteiger partial charge < -0.3 is 5.32 Å². The smallest absolute Gasteiger partial charge is 0.229 e. The van der Waals surface area contributed by atoms with E-state index in [1.54, 1.807) is 11.8 Å². The Hall–Kier alpha value is -0.510. The third kappa shape index (κ3) is 1.80. The second kappa shape index (κ2) is 3.81. The first-order chi connectivity index (χ1) is 7.33. The fourth-order valence-electron chi connectivity index (χ4n) is 3.17. The number of amides is 1. The van der Waals surface area contributed by atoms with E-state index in [1.165, 1.54) is 19.3 Å². The van der Waals surface area contributed by atoms with Gasteiger partial charge in [-0.25, -0.2) is 0 Å². The Labute approximate surface area is 94.1 Å². The number of hydrogen-bond acceptors (Lipinski definition) is 3. The second-order valence-corrected chi connectivity index (χ2v) is 5.89. The highest BCUT2D eigenvalue weighted by Gasteiger charge is 2.43. The van der Waals surface area contributed by atoms with Gasteiger partial charge in [0, 0.05) is 11.7 Å². The molecule has 0 saturated heterocycles. The van der Waals surface area contributed by atoms with Crippen LogP contribution >= 0.6 is 11.8 Å². The molecule has 2 bridgehead atoms. The van der Waals surface area contributed by atoms with E-state index in [9.17, 15) is 4.79 Å². The molecule has 15 heavy (non-hydrogen) atoms. The van der Waals surface area contributed by atoms with Gasteiger partial charge in [-0.1, -0.05) is 18.2 Å². The maximum Gasteiger partial charge on any atom is 0.229 e. The predicted molar refractivity (Wildman–Crippen MR) is 61.8 cm³/mol. The van der Waals surface area contributed by atoms with Gasteiger partial charge in [0.1, 0.15) is 0 Å². The molecule has 3 rings (SSSR count). The Morgan fingerprint density at radius 1 is 1.40 bits per heavy atom. The number of aliphatic imine (C=N–C) groups is 1. The fraction of sp³-hybridized carbons (Fsp3) is 0.818. The van der Waals surface area contributed by atoms with Crippen LogP contribution in [0.2, 0.25) is 0 Å². The first-order valence-electron chi connectivity index (χ1n) is 5.81. The molecule has 2 aliphatic carbocycles. The van der Waals surface area contributed by atoms with E-state index in [0.29, 0.717) is 5.92 Å². The average Bonchev–Trinajstić information content (AvgIpc) is 2.93. The van der Waals surface area contributed by atoms with Crippen molar-refractivity contribution in [3.8, 4) is 0 Å². The topological polar surface area (TPSA) is 41.5 Å². The fourth-order valence-corrected chi connectivity index (χ4v) is 3.91. The summed E-state index contributed by atoms with van der Waals surface area (Å²) in [5, 5.41) is 3.83. The quantitative estimate of drug-likeness (QED) is 0.735. The van der Waals surface area contributed by atoms with Gasteiger partial charge in [0.25, 0.3) is 0 Å². The molecule has 3 nitrogen and oxygen atoms in total. The molecule has 0 aromatic rings. The van der Waals surface area contributed by atoms with Gasteiger partial charge in [-0.2, -0.15) is 0 Å². The predicted octanol–water partition coefficient (Wildman–Crippen LogP) is 1.64. The molecule has 2 saturated carbocycles. The lowest BCUT2D eigenvalue weighted by Gasteiger charge is -2.20. The van der Waals surface area contributed by atoms with Crippen molar-refractivity contribution in [1.82, 2.24) is 5.32 Å². The highest BCUT2D eigenvalue weighted by atomic mass is 32.2. The van der Waals surface area contributed by atoms with Crippen LogP contribution in [-0.4, -0.2) is 23.4 Å². The lowest BCUT2D eigenvalue weighted by atomic mass is 9.88. The lowest BCUT2D eigenvalue weighted by Crippen LogP contribution is -2.36. The third-order valence-corrected chi connectivity index (χ3v) is 4.78. The van der Waals surface area contributed by atoms with Gasteiger partial charge in [0.2, 0.25) is 5.91 Å². The number of carbonyl (C=O) groups excluding carboxylic acids is 1. The first-order valence-corrected chi connectivity index (χ1v) is 6.79. The molecule has 1 amide bonds. The maximum absolute atomic E-state index is 12.0. The number of carbonyl (C=O) groups is 1. The molecular formula is C11H16N2OS. The van der Waals surface area contributed by atoms with Gasteiger partial charge in [-0.15, -0.1) is 0 Å². The maximum atomic E-state index is 12.0. The minimum Gasteiger partial charge on any atom is -0.305 e. The van der Waals surface area contributed by atoms with Crippen molar-refractivity contribution in [3.63, 3.8) is 0 Å². The van der Waals surface area contributed by atoms with Crippen LogP contribution in [0.4, 0.5) is 0 Å². The van der Waals surface area contributed by atoms with Crippen LogP contribution in [0.25, 0.3) is 0 Å². The molecule has 82 valence electrons. The van der Waals surface area contributed by atoms with Gasteiger partial charge in [-0.05, 0) is 31.1 Å². The number of rotatable bonds is 1. The van der Waals surface area contributed by atoms with E-state index >= 15 is 0 Å². The van der Waals surface area contributed by atoms with E-state index < -0.39 is 0 Å². The van der Waals surface area contributed by atoms with Crippen LogP contribution in [0.1, 0.15) is 25.7 Å². The van der Waals surface area contributed by atoms with Gasteiger partial charge in [0.15, 0.2) is 5.17 Å². The van der Waals surface area contributed by atoms with Crippen molar-refractivity contribution >= 4 is 22.8 Å². The van der Waals surface area contributed by atoms with Gasteiger partial charge in [0.05, 0.1) is 6.54 Å². The van der Waals surface area contributed by atoms with Crippen LogP contribution in [0.3, 0.4) is 0 Å². The second-order valence-electron chi connectivity index (χ2n) is 4.81. The number of amidine groups is 1. The molecule has 0 spiro atoms. The normalized spacial score (nSPS) is 38.1. The minimum absolute atomic E-state index is 0.232. The number of nitrogens with zero attached hydrogens (tertiary/aromatic N) is 1. The number of nitrogens with one attached hydrogen (secondary N) is 1. The summed E-state index contributed by atoms with van der Waals surface area (Å²) in [5.74, 6) is 3.04. The minimum atomic E-state index is 0.232. The van der Waals surface area contributed by atoms with Crippen LogP contribution in [0.5, 0.6) is 0 Å². The summed E-state index contributed by atoms with van der Waals surface area (Å²) in [6.45, 7) is 0.858. The monoisotopic (exact) mass is 224 g/mol. The summed E-state index contributed by atoms with van der Waals surface area (Å²) in [4.78, 5) is 16.2. The van der Waals surface area contributed by atoms with E-state index in [-0.39, 0.29) is 11.8 Å². The van der Waals surface area contributed by atoms with Crippen molar-refractivity contribution in [2.24, 2.45) is 22.7 Å². The highest BCUT2D eigenvalue weighted by Crippen LogP contribution is 2.48. The molecule has 3 atom stereocenters. The number of thioether (sulfide) groups is 1. The van der Waals surface area contributed by atoms with E-state index in [1.807, 2.05) is 0 Å². The molecule has 0 aromatic carbocycles. The van der Waals surface area contributed by atoms with Crippen molar-refractivity contribution in [2.75, 3.05) is 12.3 Å². The Balaban J connectivity index is 1.60. The molecule has 0 aromatic heterocycles. The summed E-state index contributed by atoms with van der Waals surface area (Å²) in [5.41, 5.74) is 0. The Kier molecular flexibility index (Phi) is 2.47. The van der Waals surface area contributed by atoms with E-state index in [4.69, 9.17) is 0 Å². The van der Waals surface area contributed by atoms with Crippen molar-refractivity contribution in [3.05, 3.63) is 0 Å². The molecule has 3 aliphatic rings. The average molecular weight is 224 g/mol.